The lowest BCUT2D eigenvalue weighted by Gasteiger charge is -2.03. The van der Waals surface area contributed by atoms with Crippen LogP contribution in [0.25, 0.3) is 77.2 Å². The van der Waals surface area contributed by atoms with Crippen molar-refractivity contribution in [1.82, 2.24) is 0 Å². The Balaban J connectivity index is 0.966. The Hall–Kier alpha value is -4.92. The molecule has 0 radical (unpaired) electrons. The molecule has 2 aromatic heterocycles. The van der Waals surface area contributed by atoms with Gasteiger partial charge < -0.3 is 4.42 Å². The Bertz CT molecular complexity index is 2410. The molecule has 0 saturated heterocycles. The average molecular weight is 753 g/mol. The molecule has 0 amide bonds. The molecule has 0 bridgehead atoms. The molecule has 0 spiro atoms. The minimum absolute atomic E-state index is 0.934. The van der Waals surface area contributed by atoms with Gasteiger partial charge in [-0.3, -0.25) is 0 Å². The lowest BCUT2D eigenvalue weighted by atomic mass is 10.0. The second-order valence-corrected chi connectivity index (χ2v) is 16.9. The quantitative estimate of drug-likeness (QED) is 0.0628. The zero-order valence-electron chi connectivity index (χ0n) is 33.4. The summed E-state index contributed by atoms with van der Waals surface area (Å²) >= 11 is 1.88. The first-order chi connectivity index (χ1) is 27.7. The van der Waals surface area contributed by atoms with Crippen molar-refractivity contribution in [1.29, 1.82) is 0 Å². The van der Waals surface area contributed by atoms with Gasteiger partial charge in [-0.2, -0.15) is 0 Å². The summed E-state index contributed by atoms with van der Waals surface area (Å²) in [6, 6.07) is 40.8. The van der Waals surface area contributed by atoms with Crippen LogP contribution < -0.4 is 0 Å². The Labute approximate surface area is 337 Å². The predicted octanol–water partition coefficient (Wildman–Crippen LogP) is 17.3. The minimum atomic E-state index is 0.934. The van der Waals surface area contributed by atoms with Crippen LogP contribution in [0.3, 0.4) is 0 Å². The molecule has 284 valence electrons. The fraction of sp³-hybridized carbons (Fsp3) is 0.296. The van der Waals surface area contributed by atoms with Gasteiger partial charge in [0.2, 0.25) is 0 Å². The summed E-state index contributed by atoms with van der Waals surface area (Å²) in [5, 5.41) is 7.40. The van der Waals surface area contributed by atoms with Crippen molar-refractivity contribution in [2.75, 3.05) is 0 Å². The molecule has 0 aliphatic rings. The Kier molecular flexibility index (Phi) is 12.4. The minimum Gasteiger partial charge on any atom is -0.455 e. The number of benzene rings is 6. The first-order valence-corrected chi connectivity index (χ1v) is 22.3. The summed E-state index contributed by atoms with van der Waals surface area (Å²) in [5.41, 5.74) is 9.69. The second-order valence-electron chi connectivity index (χ2n) is 15.9. The highest BCUT2D eigenvalue weighted by Gasteiger charge is 2.15. The maximum Gasteiger partial charge on any atom is 0.143 e. The zero-order valence-corrected chi connectivity index (χ0v) is 34.2. The van der Waals surface area contributed by atoms with Crippen LogP contribution in [0.4, 0.5) is 0 Å². The van der Waals surface area contributed by atoms with E-state index in [4.69, 9.17) is 4.42 Å². The Morgan fingerprint density at radius 3 is 1.45 bits per heavy atom. The number of furan rings is 1. The van der Waals surface area contributed by atoms with Gasteiger partial charge in [-0.1, -0.05) is 175 Å². The molecule has 8 aromatic rings. The van der Waals surface area contributed by atoms with E-state index in [1.54, 1.807) is 0 Å². The molecule has 0 fully saturated rings. The fourth-order valence-electron chi connectivity index (χ4n) is 8.31. The fourth-order valence-corrected chi connectivity index (χ4v) is 9.52. The van der Waals surface area contributed by atoms with E-state index in [9.17, 15) is 0 Å². The van der Waals surface area contributed by atoms with Crippen molar-refractivity contribution in [2.24, 2.45) is 0 Å². The lowest BCUT2D eigenvalue weighted by molar-refractivity contribution is 0.607. The predicted molar refractivity (Wildman–Crippen MR) is 249 cm³/mol. The van der Waals surface area contributed by atoms with Crippen molar-refractivity contribution in [3.05, 3.63) is 143 Å². The average Bonchev–Trinajstić information content (AvgIpc) is 3.81. The van der Waals surface area contributed by atoms with Crippen molar-refractivity contribution in [2.45, 2.75) is 104 Å². The molecule has 2 heterocycles. The summed E-state index contributed by atoms with van der Waals surface area (Å²) in [6.07, 6.45) is 27.4. The molecule has 0 atom stereocenters. The second kappa shape index (κ2) is 18.4. The van der Waals surface area contributed by atoms with Crippen molar-refractivity contribution < 1.29 is 4.42 Å². The van der Waals surface area contributed by atoms with E-state index in [0.717, 1.165) is 11.2 Å². The van der Waals surface area contributed by atoms with Crippen LogP contribution in [-0.2, 0) is 12.8 Å². The van der Waals surface area contributed by atoms with Gasteiger partial charge in [-0.15, -0.1) is 11.3 Å². The molecular formula is C54H56OS. The Morgan fingerprint density at radius 2 is 0.857 bits per heavy atom. The molecule has 8 rings (SSSR count). The number of hydrogen-bond acceptors (Lipinski definition) is 2. The SMILES string of the molecule is CCCCCCCCc1ccc(/C=C/c2ccc3oc4c(ccc5c4ccc4c6cc(/C=C/c7ccc(CCCCCCCC)cc7)ccc6sc45)c3c2)cc1. The highest BCUT2D eigenvalue weighted by Crippen LogP contribution is 2.42. The standard InChI is InChI=1S/C54H56OS/c1-3-5-7-9-11-13-15-39-17-21-41(22-18-39)25-27-43-29-35-51-49(37-43)46-32-33-47-45(53(46)55-51)31-34-48-50-38-44(30-36-52(50)56-54(47)48)28-26-42-23-19-40(20-24-42)16-14-12-10-8-6-4-2/h17-38H,3-16H2,1-2H3/b27-25+,28-26+. The molecule has 0 unspecified atom stereocenters. The lowest BCUT2D eigenvalue weighted by Crippen LogP contribution is -1.86. The molecular weight excluding hydrogens is 697 g/mol. The zero-order chi connectivity index (χ0) is 38.1. The highest BCUT2D eigenvalue weighted by atomic mass is 32.1. The number of hydrogen-bond donors (Lipinski definition) is 0. The number of rotatable bonds is 18. The summed E-state index contributed by atoms with van der Waals surface area (Å²) in [4.78, 5) is 0. The van der Waals surface area contributed by atoms with Gasteiger partial charge in [-0.05, 0) is 95.5 Å². The van der Waals surface area contributed by atoms with Crippen LogP contribution in [0.2, 0.25) is 0 Å². The van der Waals surface area contributed by atoms with Crippen LogP contribution in [0.5, 0.6) is 0 Å². The van der Waals surface area contributed by atoms with Gasteiger partial charge in [0, 0.05) is 41.7 Å². The third-order valence-corrected chi connectivity index (χ3v) is 12.9. The maximum absolute atomic E-state index is 6.59. The van der Waals surface area contributed by atoms with Crippen LogP contribution >= 0.6 is 11.3 Å². The van der Waals surface area contributed by atoms with Gasteiger partial charge >= 0.3 is 0 Å². The van der Waals surface area contributed by atoms with E-state index in [1.807, 2.05) is 11.3 Å². The van der Waals surface area contributed by atoms with E-state index >= 15 is 0 Å². The maximum atomic E-state index is 6.59. The van der Waals surface area contributed by atoms with Crippen LogP contribution in [-0.4, -0.2) is 0 Å². The van der Waals surface area contributed by atoms with Gasteiger partial charge in [-0.25, -0.2) is 0 Å². The summed E-state index contributed by atoms with van der Waals surface area (Å²) in [6.45, 7) is 4.56. The van der Waals surface area contributed by atoms with E-state index in [2.05, 4.69) is 147 Å². The van der Waals surface area contributed by atoms with Crippen molar-refractivity contribution in [3.8, 4) is 0 Å². The first-order valence-electron chi connectivity index (χ1n) is 21.4. The largest absolute Gasteiger partial charge is 0.455 e. The molecule has 0 saturated carbocycles. The molecule has 2 heteroatoms. The highest BCUT2D eigenvalue weighted by molar-refractivity contribution is 7.26. The Morgan fingerprint density at radius 1 is 0.411 bits per heavy atom. The monoisotopic (exact) mass is 752 g/mol. The van der Waals surface area contributed by atoms with E-state index < -0.39 is 0 Å². The van der Waals surface area contributed by atoms with Crippen molar-refractivity contribution >= 4 is 88.5 Å². The number of unbranched alkanes of at least 4 members (excludes halogenated alkanes) is 10. The summed E-state index contributed by atoms with van der Waals surface area (Å²) in [5.74, 6) is 0. The summed E-state index contributed by atoms with van der Waals surface area (Å²) in [7, 11) is 0. The van der Waals surface area contributed by atoms with E-state index in [1.165, 1.54) is 165 Å². The van der Waals surface area contributed by atoms with Gasteiger partial charge in [0.05, 0.1) is 0 Å². The number of thiophene rings is 1. The number of fused-ring (bicyclic) bond motifs is 9. The molecule has 0 aliphatic heterocycles. The van der Waals surface area contributed by atoms with E-state index in [0.29, 0.717) is 0 Å². The van der Waals surface area contributed by atoms with Crippen LogP contribution in [0.15, 0.2) is 114 Å². The van der Waals surface area contributed by atoms with Crippen LogP contribution in [0.1, 0.15) is 124 Å². The normalized spacial score (nSPS) is 12.2. The molecule has 0 N–H and O–H groups in total. The topological polar surface area (TPSA) is 13.1 Å². The first kappa shape index (κ1) is 38.0. The smallest absolute Gasteiger partial charge is 0.143 e. The summed E-state index contributed by atoms with van der Waals surface area (Å²) < 4.78 is 9.23. The van der Waals surface area contributed by atoms with Crippen LogP contribution in [0, 0.1) is 0 Å². The molecule has 1 nitrogen and oxygen atoms in total. The third-order valence-electron chi connectivity index (χ3n) is 11.6. The van der Waals surface area contributed by atoms with Crippen molar-refractivity contribution in [3.63, 3.8) is 0 Å². The van der Waals surface area contributed by atoms with Gasteiger partial charge in [0.1, 0.15) is 11.2 Å². The van der Waals surface area contributed by atoms with E-state index in [-0.39, 0.29) is 0 Å². The molecule has 6 aromatic carbocycles. The third kappa shape index (κ3) is 8.87. The van der Waals surface area contributed by atoms with Gasteiger partial charge in [0.25, 0.3) is 0 Å². The number of aryl methyl sites for hydroxylation is 2. The van der Waals surface area contributed by atoms with Gasteiger partial charge in [0.15, 0.2) is 0 Å². The molecule has 0 aliphatic carbocycles. The molecule has 56 heavy (non-hydrogen) atoms.